The first-order valence-electron chi connectivity index (χ1n) is 6.70. The van der Waals surface area contributed by atoms with Gasteiger partial charge in [0.2, 0.25) is 0 Å². The van der Waals surface area contributed by atoms with Crippen molar-refractivity contribution in [2.75, 3.05) is 18.5 Å². The summed E-state index contributed by atoms with van der Waals surface area (Å²) >= 11 is 1.26. The molecule has 1 unspecified atom stereocenters. The van der Waals surface area contributed by atoms with E-state index in [1.807, 2.05) is 0 Å². The first-order valence-corrected chi connectivity index (χ1v) is 7.58. The quantitative estimate of drug-likeness (QED) is 0.429. The molecule has 1 aromatic heterocycles. The van der Waals surface area contributed by atoms with Gasteiger partial charge in [0.05, 0.1) is 25.3 Å². The van der Waals surface area contributed by atoms with Crippen molar-refractivity contribution in [2.45, 2.75) is 32.8 Å². The van der Waals surface area contributed by atoms with Crippen molar-refractivity contribution in [3.8, 4) is 0 Å². The first-order chi connectivity index (χ1) is 10.1. The first kappa shape index (κ1) is 17.3. The zero-order valence-electron chi connectivity index (χ0n) is 12.3. The lowest BCUT2D eigenvalue weighted by Crippen LogP contribution is -2.28. The van der Waals surface area contributed by atoms with Gasteiger partial charge < -0.3 is 9.47 Å². The van der Waals surface area contributed by atoms with Crippen LogP contribution in [0.2, 0.25) is 0 Å². The van der Waals surface area contributed by atoms with Gasteiger partial charge in [-0.3, -0.25) is 14.9 Å². The number of nitrogens with zero attached hydrogens (tertiary/aromatic N) is 1. The van der Waals surface area contributed by atoms with Crippen molar-refractivity contribution in [1.29, 1.82) is 0 Å². The lowest BCUT2D eigenvalue weighted by Gasteiger charge is -2.11. The van der Waals surface area contributed by atoms with Gasteiger partial charge in [-0.2, -0.15) is 0 Å². The Morgan fingerprint density at radius 2 is 2.33 bits per heavy atom. The fraction of sp³-hybridized carbons (Fsp3) is 0.500. The number of aromatic nitrogens is 1. The van der Waals surface area contributed by atoms with E-state index in [9.17, 15) is 9.59 Å². The topological polar surface area (TPSA) is 77.5 Å². The lowest BCUT2D eigenvalue weighted by molar-refractivity contribution is -0.142. The normalized spacial score (nSPS) is 11.7. The SMILES string of the molecule is C=CCCOC(C)C(=O)Nc1nc(CC(=O)OCC)cs1. The molecule has 0 saturated carbocycles. The molecule has 0 saturated heterocycles. The number of amides is 1. The second-order valence-electron chi connectivity index (χ2n) is 4.21. The minimum absolute atomic E-state index is 0.103. The number of anilines is 1. The Labute approximate surface area is 128 Å². The van der Waals surface area contributed by atoms with Gasteiger partial charge in [0, 0.05) is 5.38 Å². The average Bonchev–Trinajstić information content (AvgIpc) is 2.86. The van der Waals surface area contributed by atoms with Crippen LogP contribution < -0.4 is 5.32 Å². The van der Waals surface area contributed by atoms with Crippen LogP contribution in [0.3, 0.4) is 0 Å². The van der Waals surface area contributed by atoms with Gasteiger partial charge in [-0.1, -0.05) is 6.08 Å². The highest BCUT2D eigenvalue weighted by Crippen LogP contribution is 2.16. The van der Waals surface area contributed by atoms with Crippen LogP contribution >= 0.6 is 11.3 Å². The minimum Gasteiger partial charge on any atom is -0.466 e. The summed E-state index contributed by atoms with van der Waals surface area (Å²) in [6, 6.07) is 0. The van der Waals surface area contributed by atoms with Crippen molar-refractivity contribution < 1.29 is 19.1 Å². The summed E-state index contributed by atoms with van der Waals surface area (Å²) in [5.41, 5.74) is 0.578. The summed E-state index contributed by atoms with van der Waals surface area (Å²) in [4.78, 5) is 27.3. The smallest absolute Gasteiger partial charge is 0.311 e. The zero-order valence-corrected chi connectivity index (χ0v) is 13.1. The minimum atomic E-state index is -0.567. The predicted octanol–water partition coefficient (Wildman–Crippen LogP) is 2.17. The molecule has 1 atom stereocenters. The molecule has 0 bridgehead atoms. The standard InChI is InChI=1S/C14H20N2O4S/c1-4-6-7-20-10(3)13(18)16-14-15-11(9-21-14)8-12(17)19-5-2/h4,9-10H,1,5-8H2,2-3H3,(H,15,16,18). The molecule has 0 aliphatic carbocycles. The van der Waals surface area contributed by atoms with Crippen molar-refractivity contribution >= 4 is 28.3 Å². The van der Waals surface area contributed by atoms with Gasteiger partial charge in [0.25, 0.3) is 5.91 Å². The third kappa shape index (κ3) is 6.50. The Kier molecular flexibility index (Phi) is 7.63. The lowest BCUT2D eigenvalue weighted by atomic mass is 10.3. The van der Waals surface area contributed by atoms with Gasteiger partial charge in [0.15, 0.2) is 5.13 Å². The number of thiazole rings is 1. The molecule has 1 amide bonds. The van der Waals surface area contributed by atoms with Crippen LogP contribution in [0.15, 0.2) is 18.0 Å². The van der Waals surface area contributed by atoms with Crippen LogP contribution in [0.5, 0.6) is 0 Å². The Morgan fingerprint density at radius 3 is 3.00 bits per heavy atom. The third-order valence-corrected chi connectivity index (χ3v) is 3.28. The molecule has 0 aromatic carbocycles. The largest absolute Gasteiger partial charge is 0.466 e. The summed E-state index contributed by atoms with van der Waals surface area (Å²) in [7, 11) is 0. The average molecular weight is 312 g/mol. The summed E-state index contributed by atoms with van der Waals surface area (Å²) < 4.78 is 10.2. The molecule has 0 aliphatic rings. The molecule has 1 N–H and O–H groups in total. The maximum Gasteiger partial charge on any atom is 0.311 e. The van der Waals surface area contributed by atoms with Crippen molar-refractivity contribution in [1.82, 2.24) is 4.98 Å². The summed E-state index contributed by atoms with van der Waals surface area (Å²) in [5, 5.41) is 4.82. The molecule has 116 valence electrons. The van der Waals surface area contributed by atoms with E-state index in [0.29, 0.717) is 30.5 Å². The number of ether oxygens (including phenoxy) is 2. The van der Waals surface area contributed by atoms with Crippen LogP contribution in [-0.2, 0) is 25.5 Å². The molecule has 21 heavy (non-hydrogen) atoms. The molecule has 0 aliphatic heterocycles. The second-order valence-corrected chi connectivity index (χ2v) is 5.06. The highest BCUT2D eigenvalue weighted by Gasteiger charge is 2.15. The highest BCUT2D eigenvalue weighted by atomic mass is 32.1. The van der Waals surface area contributed by atoms with E-state index < -0.39 is 6.10 Å². The van der Waals surface area contributed by atoms with E-state index >= 15 is 0 Å². The Bertz CT molecular complexity index is 487. The number of carbonyl (C=O) groups is 2. The van der Waals surface area contributed by atoms with Gasteiger partial charge >= 0.3 is 5.97 Å². The van der Waals surface area contributed by atoms with E-state index in [-0.39, 0.29) is 18.3 Å². The molecule has 7 heteroatoms. The van der Waals surface area contributed by atoms with Crippen LogP contribution in [0.1, 0.15) is 26.0 Å². The number of esters is 1. The molecule has 0 spiro atoms. The van der Waals surface area contributed by atoms with Gasteiger partial charge in [0.1, 0.15) is 6.10 Å². The maximum absolute atomic E-state index is 11.9. The van der Waals surface area contributed by atoms with Crippen LogP contribution in [-0.4, -0.2) is 36.2 Å². The molecular weight excluding hydrogens is 292 g/mol. The van der Waals surface area contributed by atoms with Crippen LogP contribution in [0, 0.1) is 0 Å². The van der Waals surface area contributed by atoms with Crippen molar-refractivity contribution in [2.24, 2.45) is 0 Å². The van der Waals surface area contributed by atoms with E-state index in [4.69, 9.17) is 9.47 Å². The van der Waals surface area contributed by atoms with Crippen LogP contribution in [0.4, 0.5) is 5.13 Å². The highest BCUT2D eigenvalue weighted by molar-refractivity contribution is 7.13. The Hall–Kier alpha value is -1.73. The van der Waals surface area contributed by atoms with E-state index in [2.05, 4.69) is 16.9 Å². The second kappa shape index (κ2) is 9.25. The van der Waals surface area contributed by atoms with Gasteiger partial charge in [-0.15, -0.1) is 17.9 Å². The Morgan fingerprint density at radius 1 is 1.57 bits per heavy atom. The molecule has 1 heterocycles. The van der Waals surface area contributed by atoms with E-state index in [1.165, 1.54) is 11.3 Å². The summed E-state index contributed by atoms with van der Waals surface area (Å²) in [6.45, 7) is 7.79. The van der Waals surface area contributed by atoms with E-state index in [0.717, 1.165) is 0 Å². The van der Waals surface area contributed by atoms with E-state index in [1.54, 1.807) is 25.3 Å². The molecule has 6 nitrogen and oxygen atoms in total. The molecule has 0 fully saturated rings. The number of carbonyl (C=O) groups excluding carboxylic acids is 2. The van der Waals surface area contributed by atoms with Gasteiger partial charge in [-0.05, 0) is 20.3 Å². The third-order valence-electron chi connectivity index (χ3n) is 2.47. The monoisotopic (exact) mass is 312 g/mol. The Balaban J connectivity index is 2.44. The molecule has 1 aromatic rings. The molecule has 1 rings (SSSR count). The maximum atomic E-state index is 11.9. The number of hydrogen-bond acceptors (Lipinski definition) is 6. The zero-order chi connectivity index (χ0) is 15.7. The summed E-state index contributed by atoms with van der Waals surface area (Å²) in [6.07, 6.45) is 1.96. The molecule has 0 radical (unpaired) electrons. The predicted molar refractivity (Wildman–Crippen MR) is 81.3 cm³/mol. The number of nitrogens with one attached hydrogen (secondary N) is 1. The number of hydrogen-bond donors (Lipinski definition) is 1. The van der Waals surface area contributed by atoms with Crippen LogP contribution in [0.25, 0.3) is 0 Å². The van der Waals surface area contributed by atoms with Gasteiger partial charge in [-0.25, -0.2) is 4.98 Å². The van der Waals surface area contributed by atoms with Crippen molar-refractivity contribution in [3.05, 3.63) is 23.7 Å². The van der Waals surface area contributed by atoms with Crippen molar-refractivity contribution in [3.63, 3.8) is 0 Å². The molecular formula is C14H20N2O4S. The fourth-order valence-corrected chi connectivity index (χ4v) is 2.13. The summed E-state index contributed by atoms with van der Waals surface area (Å²) in [5.74, 6) is -0.599. The fourth-order valence-electron chi connectivity index (χ4n) is 1.42. The number of rotatable bonds is 9.